The predicted octanol–water partition coefficient (Wildman–Crippen LogP) is 3.84. The first-order chi connectivity index (χ1) is 8.78. The van der Waals surface area contributed by atoms with Crippen molar-refractivity contribution in [2.45, 2.75) is 44.8 Å². The van der Waals surface area contributed by atoms with Gasteiger partial charge in [-0.15, -0.1) is 11.6 Å². The van der Waals surface area contributed by atoms with Gasteiger partial charge in [-0.05, 0) is 50.3 Å². The molecule has 1 aromatic carbocycles. The minimum absolute atomic E-state index is 0.367. The van der Waals surface area contributed by atoms with E-state index in [2.05, 4.69) is 36.5 Å². The van der Waals surface area contributed by atoms with Crippen LogP contribution in [0.25, 0.3) is 0 Å². The Labute approximate surface area is 115 Å². The molecule has 2 nitrogen and oxygen atoms in total. The summed E-state index contributed by atoms with van der Waals surface area (Å²) in [6.45, 7) is 3.05. The minimum atomic E-state index is 0.367. The molecule has 0 saturated carbocycles. The maximum absolute atomic E-state index is 5.80. The molecular weight excluding hydrogens is 246 g/mol. The molecule has 0 aliphatic carbocycles. The highest BCUT2D eigenvalue weighted by atomic mass is 35.5. The number of aryl methyl sites for hydroxylation is 1. The Kier molecular flexibility index (Phi) is 5.33. The van der Waals surface area contributed by atoms with Crippen LogP contribution in [0.4, 0.5) is 5.69 Å². The number of ether oxygens (including phenoxy) is 1. The Morgan fingerprint density at radius 3 is 3.00 bits per heavy atom. The highest BCUT2D eigenvalue weighted by Crippen LogP contribution is 2.20. The molecule has 1 aromatic rings. The fourth-order valence-corrected chi connectivity index (χ4v) is 2.51. The number of rotatable bonds is 6. The van der Waals surface area contributed by atoms with E-state index in [1.54, 1.807) is 0 Å². The first kappa shape index (κ1) is 13.7. The Morgan fingerprint density at radius 2 is 2.28 bits per heavy atom. The van der Waals surface area contributed by atoms with E-state index < -0.39 is 0 Å². The highest BCUT2D eigenvalue weighted by Gasteiger charge is 2.21. The van der Waals surface area contributed by atoms with Gasteiger partial charge in [0.15, 0.2) is 0 Å². The van der Waals surface area contributed by atoms with Gasteiger partial charge in [0.2, 0.25) is 0 Å². The molecule has 0 spiro atoms. The third-order valence-electron chi connectivity index (χ3n) is 3.38. The van der Waals surface area contributed by atoms with Gasteiger partial charge < -0.3 is 10.1 Å². The molecule has 2 atom stereocenters. The second-order valence-electron chi connectivity index (χ2n) is 5.02. The van der Waals surface area contributed by atoms with Gasteiger partial charge in [-0.25, -0.2) is 0 Å². The van der Waals surface area contributed by atoms with Crippen molar-refractivity contribution < 1.29 is 4.74 Å². The number of nitrogens with one attached hydrogen (secondary N) is 1. The third-order valence-corrected chi connectivity index (χ3v) is 3.65. The van der Waals surface area contributed by atoms with Gasteiger partial charge in [0.05, 0.1) is 12.2 Å². The van der Waals surface area contributed by atoms with Crippen LogP contribution in [0.5, 0.6) is 0 Å². The molecule has 1 aliphatic rings. The summed E-state index contributed by atoms with van der Waals surface area (Å²) in [7, 11) is 0. The highest BCUT2D eigenvalue weighted by molar-refractivity contribution is 6.17. The Bertz CT molecular complexity index is 369. The van der Waals surface area contributed by atoms with Crippen molar-refractivity contribution in [2.24, 2.45) is 0 Å². The van der Waals surface area contributed by atoms with Crippen LogP contribution in [0.1, 0.15) is 31.7 Å². The van der Waals surface area contributed by atoms with E-state index in [4.69, 9.17) is 16.3 Å². The Morgan fingerprint density at radius 1 is 1.39 bits per heavy atom. The van der Waals surface area contributed by atoms with Crippen LogP contribution < -0.4 is 5.32 Å². The molecule has 3 heteroatoms. The molecule has 2 rings (SSSR count). The van der Waals surface area contributed by atoms with Crippen LogP contribution in [0.3, 0.4) is 0 Å². The Balaban J connectivity index is 1.81. The van der Waals surface area contributed by atoms with E-state index in [-0.39, 0.29) is 0 Å². The van der Waals surface area contributed by atoms with Gasteiger partial charge in [0.1, 0.15) is 0 Å². The fourth-order valence-electron chi connectivity index (χ4n) is 2.37. The molecular formula is C15H22ClNO. The zero-order valence-corrected chi connectivity index (χ0v) is 11.7. The van der Waals surface area contributed by atoms with Crippen LogP contribution in [0.2, 0.25) is 0 Å². The van der Waals surface area contributed by atoms with Gasteiger partial charge >= 0.3 is 0 Å². The third kappa shape index (κ3) is 4.18. The van der Waals surface area contributed by atoms with Crippen molar-refractivity contribution >= 4 is 17.3 Å². The summed E-state index contributed by atoms with van der Waals surface area (Å²) in [5.41, 5.74) is 2.53. The first-order valence-electron chi connectivity index (χ1n) is 6.82. The van der Waals surface area contributed by atoms with E-state index >= 15 is 0 Å². The monoisotopic (exact) mass is 267 g/mol. The number of halogens is 1. The Hall–Kier alpha value is -0.730. The summed E-state index contributed by atoms with van der Waals surface area (Å²) in [5.74, 6) is 0.728. The lowest BCUT2D eigenvalue weighted by atomic mass is 10.1. The molecule has 0 amide bonds. The average Bonchev–Trinajstić information content (AvgIpc) is 2.80. The molecule has 1 heterocycles. The van der Waals surface area contributed by atoms with Crippen LogP contribution >= 0.6 is 11.6 Å². The van der Waals surface area contributed by atoms with Crippen LogP contribution in [-0.2, 0) is 11.2 Å². The maximum atomic E-state index is 5.80. The summed E-state index contributed by atoms with van der Waals surface area (Å²) in [5, 5.41) is 3.47. The zero-order chi connectivity index (χ0) is 12.8. The number of hydrogen-bond acceptors (Lipinski definition) is 2. The van der Waals surface area contributed by atoms with Crippen molar-refractivity contribution in [3.05, 3.63) is 29.8 Å². The standard InChI is InChI=1S/C15H22ClNO/c1-12-7-8-15(18-12)11-17-14-6-2-4-13(10-14)5-3-9-16/h2,4,6,10,12,15,17H,3,5,7-9,11H2,1H3. The molecule has 0 aromatic heterocycles. The SMILES string of the molecule is CC1CCC(CNc2cccc(CCCCl)c2)O1. The summed E-state index contributed by atoms with van der Waals surface area (Å²) >= 11 is 5.72. The summed E-state index contributed by atoms with van der Waals surface area (Å²) in [6.07, 6.45) is 5.23. The molecule has 1 fully saturated rings. The normalized spacial score (nSPS) is 23.2. The second kappa shape index (κ2) is 7.01. The fraction of sp³-hybridized carbons (Fsp3) is 0.600. The molecule has 1 saturated heterocycles. The van der Waals surface area contributed by atoms with E-state index in [0.717, 1.165) is 25.3 Å². The lowest BCUT2D eigenvalue weighted by Gasteiger charge is -2.13. The molecule has 0 radical (unpaired) electrons. The van der Waals surface area contributed by atoms with Gasteiger partial charge in [-0.1, -0.05) is 12.1 Å². The minimum Gasteiger partial charge on any atom is -0.382 e. The zero-order valence-electron chi connectivity index (χ0n) is 11.0. The van der Waals surface area contributed by atoms with E-state index in [1.165, 1.54) is 24.1 Å². The molecule has 18 heavy (non-hydrogen) atoms. The molecule has 1 aliphatic heterocycles. The number of benzene rings is 1. The van der Waals surface area contributed by atoms with Gasteiger partial charge in [-0.3, -0.25) is 0 Å². The summed E-state index contributed by atoms with van der Waals surface area (Å²) < 4.78 is 5.80. The van der Waals surface area contributed by atoms with E-state index in [1.807, 2.05) is 0 Å². The van der Waals surface area contributed by atoms with E-state index in [0.29, 0.717) is 12.2 Å². The maximum Gasteiger partial charge on any atom is 0.0751 e. The molecule has 0 bridgehead atoms. The number of hydrogen-bond donors (Lipinski definition) is 1. The predicted molar refractivity (Wildman–Crippen MR) is 77.5 cm³/mol. The van der Waals surface area contributed by atoms with Crippen molar-refractivity contribution in [1.82, 2.24) is 0 Å². The topological polar surface area (TPSA) is 21.3 Å². The van der Waals surface area contributed by atoms with Crippen molar-refractivity contribution in [1.29, 1.82) is 0 Å². The lowest BCUT2D eigenvalue weighted by molar-refractivity contribution is 0.0637. The summed E-state index contributed by atoms with van der Waals surface area (Å²) in [6, 6.07) is 8.59. The van der Waals surface area contributed by atoms with E-state index in [9.17, 15) is 0 Å². The van der Waals surface area contributed by atoms with Crippen molar-refractivity contribution in [2.75, 3.05) is 17.7 Å². The smallest absolute Gasteiger partial charge is 0.0751 e. The largest absolute Gasteiger partial charge is 0.382 e. The average molecular weight is 268 g/mol. The van der Waals surface area contributed by atoms with Gasteiger partial charge in [0.25, 0.3) is 0 Å². The van der Waals surface area contributed by atoms with Gasteiger partial charge in [0, 0.05) is 18.1 Å². The quantitative estimate of drug-likeness (QED) is 0.791. The van der Waals surface area contributed by atoms with Crippen molar-refractivity contribution in [3.63, 3.8) is 0 Å². The first-order valence-corrected chi connectivity index (χ1v) is 7.35. The molecule has 100 valence electrons. The molecule has 2 unspecified atom stereocenters. The van der Waals surface area contributed by atoms with Crippen LogP contribution in [0, 0.1) is 0 Å². The van der Waals surface area contributed by atoms with Crippen molar-refractivity contribution in [3.8, 4) is 0 Å². The number of alkyl halides is 1. The van der Waals surface area contributed by atoms with Crippen LogP contribution in [-0.4, -0.2) is 24.6 Å². The molecule has 1 N–H and O–H groups in total. The summed E-state index contributed by atoms with van der Waals surface area (Å²) in [4.78, 5) is 0. The number of anilines is 1. The van der Waals surface area contributed by atoms with Crippen LogP contribution in [0.15, 0.2) is 24.3 Å². The lowest BCUT2D eigenvalue weighted by Crippen LogP contribution is -2.19. The van der Waals surface area contributed by atoms with Gasteiger partial charge in [-0.2, -0.15) is 0 Å². The second-order valence-corrected chi connectivity index (χ2v) is 5.40.